The van der Waals surface area contributed by atoms with E-state index in [0.717, 1.165) is 6.42 Å². The summed E-state index contributed by atoms with van der Waals surface area (Å²) < 4.78 is 0. The third kappa shape index (κ3) is 3.76. The van der Waals surface area contributed by atoms with Crippen LogP contribution >= 0.6 is 0 Å². The lowest BCUT2D eigenvalue weighted by molar-refractivity contribution is 0.638. The second kappa shape index (κ2) is 7.45. The maximum absolute atomic E-state index is 3.70. The monoisotopic (exact) mass is 247 g/mol. The van der Waals surface area contributed by atoms with Crippen LogP contribution in [0.5, 0.6) is 0 Å². The van der Waals surface area contributed by atoms with Gasteiger partial charge >= 0.3 is 0 Å². The Bertz CT molecular complexity index is 363. The van der Waals surface area contributed by atoms with Crippen LogP contribution in [0.2, 0.25) is 0 Å². The summed E-state index contributed by atoms with van der Waals surface area (Å²) >= 11 is 0. The van der Waals surface area contributed by atoms with Crippen molar-refractivity contribution < 1.29 is 0 Å². The van der Waals surface area contributed by atoms with Crippen LogP contribution in [0.15, 0.2) is 34.2 Å². The zero-order valence-corrected chi connectivity index (χ0v) is 12.8. The molecule has 0 aromatic rings. The first kappa shape index (κ1) is 15.1. The van der Waals surface area contributed by atoms with Gasteiger partial charge in [0.15, 0.2) is 0 Å². The summed E-state index contributed by atoms with van der Waals surface area (Å²) in [6.07, 6.45) is 9.70. The van der Waals surface area contributed by atoms with Crippen LogP contribution in [0.3, 0.4) is 0 Å². The van der Waals surface area contributed by atoms with E-state index in [1.165, 1.54) is 54.6 Å². The highest BCUT2D eigenvalue weighted by Gasteiger charge is 2.17. The third-order valence-electron chi connectivity index (χ3n) is 3.94. The minimum atomic E-state index is 1.11. The molecular weight excluding hydrogens is 218 g/mol. The summed E-state index contributed by atoms with van der Waals surface area (Å²) in [6, 6.07) is 0. The molecule has 1 aliphatic carbocycles. The standard InChI is InChI=1S/C17H29N/c1-6-10-13(4)14(5)18-17(15(7-2)8-3)16-11-9-12-16/h7,18H,6,8-12H2,1-5H3/b14-13+,15-7-. The summed E-state index contributed by atoms with van der Waals surface area (Å²) in [5, 5.41) is 3.70. The van der Waals surface area contributed by atoms with Crippen LogP contribution in [-0.4, -0.2) is 0 Å². The molecule has 0 aromatic carbocycles. The number of allylic oxidation sites excluding steroid dienone is 5. The molecule has 0 bridgehead atoms. The van der Waals surface area contributed by atoms with Crippen molar-refractivity contribution in [3.05, 3.63) is 34.2 Å². The number of rotatable bonds is 6. The highest BCUT2D eigenvalue weighted by Crippen LogP contribution is 2.32. The van der Waals surface area contributed by atoms with Crippen LogP contribution in [0.25, 0.3) is 0 Å². The quantitative estimate of drug-likeness (QED) is 0.656. The average molecular weight is 247 g/mol. The Morgan fingerprint density at radius 1 is 1.22 bits per heavy atom. The van der Waals surface area contributed by atoms with E-state index in [-0.39, 0.29) is 0 Å². The van der Waals surface area contributed by atoms with E-state index in [9.17, 15) is 0 Å². The Labute approximate surface area is 113 Å². The van der Waals surface area contributed by atoms with Crippen molar-refractivity contribution >= 4 is 0 Å². The third-order valence-corrected chi connectivity index (χ3v) is 3.94. The van der Waals surface area contributed by atoms with Crippen LogP contribution < -0.4 is 5.32 Å². The van der Waals surface area contributed by atoms with Crippen molar-refractivity contribution in [2.75, 3.05) is 0 Å². The Hall–Kier alpha value is -0.980. The zero-order valence-electron chi connectivity index (χ0n) is 12.8. The van der Waals surface area contributed by atoms with Gasteiger partial charge in [-0.15, -0.1) is 0 Å². The molecule has 18 heavy (non-hydrogen) atoms. The number of hydrogen-bond acceptors (Lipinski definition) is 1. The lowest BCUT2D eigenvalue weighted by Crippen LogP contribution is -2.19. The van der Waals surface area contributed by atoms with Gasteiger partial charge in [0.05, 0.1) is 0 Å². The summed E-state index contributed by atoms with van der Waals surface area (Å²) in [6.45, 7) is 11.1. The van der Waals surface area contributed by atoms with E-state index in [1.54, 1.807) is 5.57 Å². The molecule has 0 radical (unpaired) electrons. The fourth-order valence-electron chi connectivity index (χ4n) is 2.38. The normalized spacial score (nSPS) is 17.2. The van der Waals surface area contributed by atoms with Gasteiger partial charge in [-0.2, -0.15) is 0 Å². The summed E-state index contributed by atoms with van der Waals surface area (Å²) in [5.41, 5.74) is 7.33. The van der Waals surface area contributed by atoms with Crippen LogP contribution in [0.1, 0.15) is 73.1 Å². The molecule has 1 aliphatic rings. The van der Waals surface area contributed by atoms with E-state index >= 15 is 0 Å². The maximum atomic E-state index is 3.70. The summed E-state index contributed by atoms with van der Waals surface area (Å²) in [7, 11) is 0. The molecule has 1 N–H and O–H groups in total. The van der Waals surface area contributed by atoms with Gasteiger partial charge in [-0.3, -0.25) is 0 Å². The van der Waals surface area contributed by atoms with Crippen molar-refractivity contribution in [1.82, 2.24) is 5.32 Å². The molecule has 0 heterocycles. The SMILES string of the molecule is C/C=C(/CC)C(N/C(C)=C(\C)CCC)=C1CCC1. The zero-order chi connectivity index (χ0) is 13.5. The Kier molecular flexibility index (Phi) is 6.24. The van der Waals surface area contributed by atoms with Gasteiger partial charge in [0.25, 0.3) is 0 Å². The molecule has 1 saturated carbocycles. The van der Waals surface area contributed by atoms with E-state index in [1.807, 2.05) is 0 Å². The molecule has 1 rings (SSSR count). The minimum Gasteiger partial charge on any atom is -0.359 e. The summed E-state index contributed by atoms with van der Waals surface area (Å²) in [5.74, 6) is 0. The van der Waals surface area contributed by atoms with Gasteiger partial charge in [-0.1, -0.05) is 31.9 Å². The number of nitrogens with one attached hydrogen (secondary N) is 1. The molecule has 0 atom stereocenters. The van der Waals surface area contributed by atoms with E-state index < -0.39 is 0 Å². The van der Waals surface area contributed by atoms with Gasteiger partial charge < -0.3 is 5.32 Å². The van der Waals surface area contributed by atoms with Crippen LogP contribution in [0, 0.1) is 0 Å². The van der Waals surface area contributed by atoms with Crippen molar-refractivity contribution in [3.8, 4) is 0 Å². The minimum absolute atomic E-state index is 1.11. The van der Waals surface area contributed by atoms with E-state index in [0.29, 0.717) is 0 Å². The molecule has 1 nitrogen and oxygen atoms in total. The van der Waals surface area contributed by atoms with E-state index in [2.05, 4.69) is 46.0 Å². The second-order valence-electron chi connectivity index (χ2n) is 5.28. The average Bonchev–Trinajstić information content (AvgIpc) is 2.28. The molecule has 0 aliphatic heterocycles. The Morgan fingerprint density at radius 2 is 1.89 bits per heavy atom. The first-order valence-electron chi connectivity index (χ1n) is 7.44. The topological polar surface area (TPSA) is 12.0 Å². The van der Waals surface area contributed by atoms with Crippen molar-refractivity contribution in [3.63, 3.8) is 0 Å². The molecule has 102 valence electrons. The van der Waals surface area contributed by atoms with Gasteiger partial charge in [0, 0.05) is 11.4 Å². The van der Waals surface area contributed by atoms with Crippen molar-refractivity contribution in [1.29, 1.82) is 0 Å². The fraction of sp³-hybridized carbons (Fsp3) is 0.647. The Morgan fingerprint density at radius 3 is 2.28 bits per heavy atom. The lowest BCUT2D eigenvalue weighted by Gasteiger charge is -2.26. The second-order valence-corrected chi connectivity index (χ2v) is 5.28. The summed E-state index contributed by atoms with van der Waals surface area (Å²) in [4.78, 5) is 0. The van der Waals surface area contributed by atoms with E-state index in [4.69, 9.17) is 0 Å². The first-order valence-corrected chi connectivity index (χ1v) is 7.44. The fourth-order valence-corrected chi connectivity index (χ4v) is 2.38. The highest BCUT2D eigenvalue weighted by atomic mass is 14.9. The molecule has 0 saturated heterocycles. The molecule has 0 spiro atoms. The predicted octanol–water partition coefficient (Wildman–Crippen LogP) is 5.46. The smallest absolute Gasteiger partial charge is 0.0402 e. The number of hydrogen-bond donors (Lipinski definition) is 1. The molecular formula is C17H29N. The predicted molar refractivity (Wildman–Crippen MR) is 81.3 cm³/mol. The van der Waals surface area contributed by atoms with Crippen LogP contribution in [0.4, 0.5) is 0 Å². The van der Waals surface area contributed by atoms with Gasteiger partial charge in [-0.05, 0) is 64.0 Å². The highest BCUT2D eigenvalue weighted by molar-refractivity contribution is 5.38. The largest absolute Gasteiger partial charge is 0.359 e. The van der Waals surface area contributed by atoms with Gasteiger partial charge in [0.2, 0.25) is 0 Å². The lowest BCUT2D eigenvalue weighted by atomic mass is 9.87. The molecule has 1 fully saturated rings. The molecule has 0 amide bonds. The van der Waals surface area contributed by atoms with Gasteiger partial charge in [0.1, 0.15) is 0 Å². The molecule has 1 heteroatoms. The molecule has 0 unspecified atom stereocenters. The van der Waals surface area contributed by atoms with Crippen molar-refractivity contribution in [2.45, 2.75) is 73.1 Å². The van der Waals surface area contributed by atoms with Gasteiger partial charge in [-0.25, -0.2) is 0 Å². The maximum Gasteiger partial charge on any atom is 0.0402 e. The first-order chi connectivity index (χ1) is 8.63. The van der Waals surface area contributed by atoms with Crippen LogP contribution in [-0.2, 0) is 0 Å². The molecule has 0 aromatic heterocycles. The van der Waals surface area contributed by atoms with Crippen molar-refractivity contribution in [2.24, 2.45) is 0 Å². The Balaban J connectivity index is 2.91.